The van der Waals surface area contributed by atoms with E-state index in [0.29, 0.717) is 17.6 Å². The van der Waals surface area contributed by atoms with Crippen LogP contribution in [0.25, 0.3) is 0 Å². The normalized spacial score (nSPS) is 10.9. The van der Waals surface area contributed by atoms with Crippen LogP contribution in [0.1, 0.15) is 19.4 Å². The van der Waals surface area contributed by atoms with E-state index < -0.39 is 0 Å². The summed E-state index contributed by atoms with van der Waals surface area (Å²) in [5.74, 6) is 0. The van der Waals surface area contributed by atoms with E-state index in [1.807, 2.05) is 18.2 Å². The van der Waals surface area contributed by atoms with E-state index in [1.54, 1.807) is 0 Å². The topological polar surface area (TPSA) is 43.7 Å². The van der Waals surface area contributed by atoms with Crippen molar-refractivity contribution in [1.82, 2.24) is 0 Å². The lowest BCUT2D eigenvalue weighted by molar-refractivity contribution is 0.282. The third-order valence-corrected chi connectivity index (χ3v) is 2.85. The summed E-state index contributed by atoms with van der Waals surface area (Å²) in [7, 11) is 0. The Kier molecular flexibility index (Phi) is 5.06. The molecular formula is C12H18ClNO2. The van der Waals surface area contributed by atoms with Crippen LogP contribution in [0.5, 0.6) is 0 Å². The van der Waals surface area contributed by atoms with Crippen molar-refractivity contribution in [2.75, 3.05) is 18.1 Å². The molecule has 0 atom stereocenters. The predicted molar refractivity (Wildman–Crippen MR) is 66.9 cm³/mol. The highest BCUT2D eigenvalue weighted by Crippen LogP contribution is 2.24. The van der Waals surface area contributed by atoms with Crippen molar-refractivity contribution in [3.63, 3.8) is 0 Å². The van der Waals surface area contributed by atoms with Crippen molar-refractivity contribution in [1.29, 1.82) is 0 Å². The summed E-state index contributed by atoms with van der Waals surface area (Å²) in [6, 6.07) is 5.84. The van der Waals surface area contributed by atoms with Crippen LogP contribution in [0.2, 0.25) is 5.02 Å². The molecule has 0 saturated carbocycles. The maximum atomic E-state index is 9.02. The molecule has 0 fully saturated rings. The minimum absolute atomic E-state index is 0.0548. The van der Waals surface area contributed by atoms with Crippen molar-refractivity contribution in [3.05, 3.63) is 28.8 Å². The molecule has 0 aliphatic rings. The third-order valence-electron chi connectivity index (χ3n) is 2.50. The SMILES string of the molecule is CC(C)N(CCO)c1ccc(CO)c(Cl)c1. The molecule has 4 heteroatoms. The number of hydrogen-bond acceptors (Lipinski definition) is 3. The number of aliphatic hydroxyl groups excluding tert-OH is 2. The van der Waals surface area contributed by atoms with Gasteiger partial charge in [0, 0.05) is 23.3 Å². The van der Waals surface area contributed by atoms with E-state index in [0.717, 1.165) is 11.3 Å². The second-order valence-electron chi connectivity index (χ2n) is 3.94. The summed E-state index contributed by atoms with van der Waals surface area (Å²) >= 11 is 6.03. The van der Waals surface area contributed by atoms with Gasteiger partial charge in [-0.1, -0.05) is 17.7 Å². The number of aliphatic hydroxyl groups is 2. The maximum Gasteiger partial charge on any atom is 0.0696 e. The number of hydrogen-bond donors (Lipinski definition) is 2. The number of rotatable bonds is 5. The predicted octanol–water partition coefficient (Wildman–Crippen LogP) is 2.04. The van der Waals surface area contributed by atoms with E-state index in [1.165, 1.54) is 0 Å². The fraction of sp³-hybridized carbons (Fsp3) is 0.500. The minimum Gasteiger partial charge on any atom is -0.395 e. The van der Waals surface area contributed by atoms with Gasteiger partial charge in [-0.2, -0.15) is 0 Å². The van der Waals surface area contributed by atoms with Crippen molar-refractivity contribution < 1.29 is 10.2 Å². The monoisotopic (exact) mass is 243 g/mol. The molecule has 0 spiro atoms. The van der Waals surface area contributed by atoms with Gasteiger partial charge < -0.3 is 15.1 Å². The summed E-state index contributed by atoms with van der Waals surface area (Å²) in [5.41, 5.74) is 1.68. The highest BCUT2D eigenvalue weighted by atomic mass is 35.5. The van der Waals surface area contributed by atoms with Crippen molar-refractivity contribution in [2.45, 2.75) is 26.5 Å². The molecule has 3 nitrogen and oxygen atoms in total. The Balaban J connectivity index is 2.97. The first kappa shape index (κ1) is 13.3. The average Bonchev–Trinajstić information content (AvgIpc) is 2.25. The summed E-state index contributed by atoms with van der Waals surface area (Å²) in [5, 5.41) is 18.6. The molecule has 0 heterocycles. The third kappa shape index (κ3) is 3.11. The Labute approximate surface area is 101 Å². The Morgan fingerprint density at radius 1 is 1.31 bits per heavy atom. The van der Waals surface area contributed by atoms with E-state index in [-0.39, 0.29) is 13.2 Å². The van der Waals surface area contributed by atoms with Gasteiger partial charge in [0.1, 0.15) is 0 Å². The van der Waals surface area contributed by atoms with Gasteiger partial charge in [0.25, 0.3) is 0 Å². The quantitative estimate of drug-likeness (QED) is 0.832. The molecule has 90 valence electrons. The summed E-state index contributed by atoms with van der Waals surface area (Å²) < 4.78 is 0. The van der Waals surface area contributed by atoms with Crippen LogP contribution >= 0.6 is 11.6 Å². The highest BCUT2D eigenvalue weighted by Gasteiger charge is 2.11. The molecule has 0 amide bonds. The molecular weight excluding hydrogens is 226 g/mol. The fourth-order valence-corrected chi connectivity index (χ4v) is 1.87. The molecule has 2 N–H and O–H groups in total. The van der Waals surface area contributed by atoms with Gasteiger partial charge in [-0.25, -0.2) is 0 Å². The molecule has 1 aromatic carbocycles. The first-order valence-corrected chi connectivity index (χ1v) is 5.74. The van der Waals surface area contributed by atoms with Crippen LogP contribution in [0, 0.1) is 0 Å². The van der Waals surface area contributed by atoms with E-state index in [9.17, 15) is 0 Å². The second-order valence-corrected chi connectivity index (χ2v) is 4.35. The fourth-order valence-electron chi connectivity index (χ4n) is 1.64. The number of halogens is 1. The maximum absolute atomic E-state index is 9.02. The van der Waals surface area contributed by atoms with Gasteiger partial charge in [0.15, 0.2) is 0 Å². The molecule has 0 aromatic heterocycles. The van der Waals surface area contributed by atoms with Crippen molar-refractivity contribution in [2.24, 2.45) is 0 Å². The minimum atomic E-state index is -0.0548. The van der Waals surface area contributed by atoms with Crippen LogP contribution in [-0.4, -0.2) is 29.4 Å². The molecule has 1 aromatic rings. The second kappa shape index (κ2) is 6.09. The first-order valence-electron chi connectivity index (χ1n) is 5.37. The Morgan fingerprint density at radius 2 is 2.00 bits per heavy atom. The van der Waals surface area contributed by atoms with Crippen LogP contribution < -0.4 is 4.90 Å². The Morgan fingerprint density at radius 3 is 2.44 bits per heavy atom. The van der Waals surface area contributed by atoms with Gasteiger partial charge in [-0.05, 0) is 31.5 Å². The molecule has 0 aliphatic heterocycles. The molecule has 1 rings (SSSR count). The lowest BCUT2D eigenvalue weighted by Gasteiger charge is -2.28. The zero-order valence-corrected chi connectivity index (χ0v) is 10.4. The first-order chi connectivity index (χ1) is 7.60. The lowest BCUT2D eigenvalue weighted by Crippen LogP contribution is -2.33. The smallest absolute Gasteiger partial charge is 0.0696 e. The Hall–Kier alpha value is -0.770. The molecule has 0 saturated heterocycles. The number of nitrogens with zero attached hydrogens (tertiary/aromatic N) is 1. The van der Waals surface area contributed by atoms with Gasteiger partial charge in [-0.3, -0.25) is 0 Å². The standard InChI is InChI=1S/C12H18ClNO2/c1-9(2)14(5-6-15)11-4-3-10(8-16)12(13)7-11/h3-4,7,9,15-16H,5-6,8H2,1-2H3. The lowest BCUT2D eigenvalue weighted by atomic mass is 10.2. The van der Waals surface area contributed by atoms with Crippen LogP contribution in [0.3, 0.4) is 0 Å². The molecule has 0 aliphatic carbocycles. The van der Waals surface area contributed by atoms with Crippen LogP contribution in [-0.2, 0) is 6.61 Å². The molecule has 0 unspecified atom stereocenters. The molecule has 0 bridgehead atoms. The summed E-state index contributed by atoms with van der Waals surface area (Å²) in [6.07, 6.45) is 0. The molecule has 16 heavy (non-hydrogen) atoms. The van der Waals surface area contributed by atoms with E-state index in [2.05, 4.69) is 18.7 Å². The van der Waals surface area contributed by atoms with Crippen molar-refractivity contribution >= 4 is 17.3 Å². The van der Waals surface area contributed by atoms with Gasteiger partial charge in [0.05, 0.1) is 13.2 Å². The van der Waals surface area contributed by atoms with Gasteiger partial charge in [-0.15, -0.1) is 0 Å². The van der Waals surface area contributed by atoms with Gasteiger partial charge in [0.2, 0.25) is 0 Å². The highest BCUT2D eigenvalue weighted by molar-refractivity contribution is 6.31. The van der Waals surface area contributed by atoms with Crippen molar-refractivity contribution in [3.8, 4) is 0 Å². The van der Waals surface area contributed by atoms with Crippen LogP contribution in [0.15, 0.2) is 18.2 Å². The molecule has 0 radical (unpaired) electrons. The van der Waals surface area contributed by atoms with E-state index >= 15 is 0 Å². The largest absolute Gasteiger partial charge is 0.395 e. The summed E-state index contributed by atoms with van der Waals surface area (Å²) in [4.78, 5) is 2.06. The van der Waals surface area contributed by atoms with E-state index in [4.69, 9.17) is 21.8 Å². The zero-order chi connectivity index (χ0) is 12.1. The summed E-state index contributed by atoms with van der Waals surface area (Å²) in [6.45, 7) is 4.75. The van der Waals surface area contributed by atoms with Gasteiger partial charge >= 0.3 is 0 Å². The van der Waals surface area contributed by atoms with Crippen LogP contribution in [0.4, 0.5) is 5.69 Å². The number of benzene rings is 1. The Bertz CT molecular complexity index is 342. The number of anilines is 1. The zero-order valence-electron chi connectivity index (χ0n) is 9.65. The average molecular weight is 244 g/mol.